The number of piperidine rings is 2. The molecule has 0 aromatic heterocycles. The zero-order valence-corrected chi connectivity index (χ0v) is 49.7. The Balaban J connectivity index is 0.954. The number of nitrogens with zero attached hydrogens (tertiary/aromatic N) is 3. The van der Waals surface area contributed by atoms with Crippen molar-refractivity contribution in [2.75, 3.05) is 14.7 Å². The summed E-state index contributed by atoms with van der Waals surface area (Å²) in [5.41, 5.74) is 25.2. The minimum Gasteiger partial charge on any atom is -0.365 e. The molecule has 0 atom stereocenters. The van der Waals surface area contributed by atoms with Gasteiger partial charge in [0, 0.05) is 51.9 Å². The number of benzene rings is 12. The molecule has 12 aromatic rings. The van der Waals surface area contributed by atoms with Gasteiger partial charge in [0.05, 0.1) is 0 Å². The van der Waals surface area contributed by atoms with Crippen LogP contribution < -0.4 is 31.1 Å². The van der Waals surface area contributed by atoms with E-state index in [1.807, 2.05) is 0 Å². The largest absolute Gasteiger partial charge is 0.365 e. The maximum absolute atomic E-state index is 2.93. The van der Waals surface area contributed by atoms with E-state index < -0.39 is 0 Å². The maximum Gasteiger partial charge on any atom is 0.252 e. The fourth-order valence-electron chi connectivity index (χ4n) is 16.5. The number of hydrogen-bond donors (Lipinski definition) is 0. The Bertz CT molecular complexity index is 4580. The van der Waals surface area contributed by atoms with E-state index >= 15 is 0 Å². The van der Waals surface area contributed by atoms with Crippen molar-refractivity contribution in [2.24, 2.45) is 11.8 Å². The van der Waals surface area contributed by atoms with Crippen LogP contribution in [-0.4, -0.2) is 18.8 Å². The predicted octanol–water partition coefficient (Wildman–Crippen LogP) is 19.7. The van der Waals surface area contributed by atoms with Gasteiger partial charge < -0.3 is 14.7 Å². The number of hydrogen-bond acceptors (Lipinski definition) is 3. The van der Waals surface area contributed by atoms with Crippen LogP contribution in [0.5, 0.6) is 0 Å². The molecule has 6 aliphatic rings. The van der Waals surface area contributed by atoms with Crippen molar-refractivity contribution in [1.29, 1.82) is 0 Å². The lowest BCUT2D eigenvalue weighted by atomic mass is 9.33. The van der Waals surface area contributed by atoms with E-state index in [-0.39, 0.29) is 17.5 Å². The molecule has 3 nitrogen and oxygen atoms in total. The van der Waals surface area contributed by atoms with Gasteiger partial charge in [0.1, 0.15) is 0 Å². The van der Waals surface area contributed by atoms with E-state index in [0.29, 0.717) is 12.1 Å². The van der Waals surface area contributed by atoms with Crippen molar-refractivity contribution in [3.63, 3.8) is 0 Å². The van der Waals surface area contributed by atoms with Crippen molar-refractivity contribution in [1.82, 2.24) is 0 Å². The average molecular weight is 1100 g/mol. The zero-order valence-electron chi connectivity index (χ0n) is 49.7. The standard InChI is InChI=1S/C81H70BN3/c1-80(2,3)62-41-59-22-23-60-42-63(81(4,5)6)47-70-69(44-61(43-62)77(59)78(60)70)58-29-35-72-74(46-58)85(65-32-26-56(27-33-65)53-18-12-8-13-19-53)76-49-68(83-66-37-50-36-51(39-66)40-67(83)38-50)48-75-79(76)82(72)71-34-28-57(54-20-14-9-15-21-54)45-73(71)84(75)64-30-24-55(25-31-64)52-16-10-7-11-17-52/h7-35,41-51,66-67H,36-40H2,1-6H3. The molecule has 0 N–H and O–H groups in total. The van der Waals surface area contributed by atoms with Gasteiger partial charge in [0.2, 0.25) is 0 Å². The quantitative estimate of drug-likeness (QED) is 0.116. The Hall–Kier alpha value is -8.86. The van der Waals surface area contributed by atoms with Crippen LogP contribution in [0.4, 0.5) is 39.8 Å². The van der Waals surface area contributed by atoms with E-state index in [2.05, 4.69) is 287 Å². The van der Waals surface area contributed by atoms with Gasteiger partial charge in [0.15, 0.2) is 0 Å². The second-order valence-electron chi connectivity index (χ2n) is 27.8. The molecule has 4 heterocycles. The van der Waals surface area contributed by atoms with Gasteiger partial charge in [-0.2, -0.15) is 0 Å². The minimum absolute atomic E-state index is 0.00985. The molecule has 85 heavy (non-hydrogen) atoms. The first kappa shape index (κ1) is 50.6. The van der Waals surface area contributed by atoms with Gasteiger partial charge >= 0.3 is 0 Å². The fraction of sp³-hybridized carbons (Fsp3) is 0.210. The SMILES string of the molecule is CC(C)(C)c1cc2ccc3cc(C(C)(C)C)cc4c(-c5ccc6c(c5)N(c5ccc(-c7ccccc7)cc5)c5cc(N7C8CC9CC(C8)CC7C9)cc7c5B6c5ccc(-c6ccccc6)cc5N7c5ccc(-c6ccccc6)cc5)cc(c1)c2c34. The van der Waals surface area contributed by atoms with Crippen molar-refractivity contribution < 1.29 is 0 Å². The average Bonchev–Trinajstić information content (AvgIpc) is 0.841. The molecule has 412 valence electrons. The maximum atomic E-state index is 2.93. The summed E-state index contributed by atoms with van der Waals surface area (Å²) in [5.74, 6) is 1.68. The molecule has 18 rings (SSSR count). The summed E-state index contributed by atoms with van der Waals surface area (Å²) in [4.78, 5) is 8.25. The van der Waals surface area contributed by atoms with Crippen LogP contribution in [0.3, 0.4) is 0 Å². The lowest BCUT2D eigenvalue weighted by Crippen LogP contribution is -2.62. The van der Waals surface area contributed by atoms with Gasteiger partial charge in [-0.3, -0.25) is 0 Å². The van der Waals surface area contributed by atoms with E-state index in [0.717, 1.165) is 11.8 Å². The van der Waals surface area contributed by atoms with Crippen LogP contribution in [-0.2, 0) is 10.8 Å². The van der Waals surface area contributed by atoms with Crippen LogP contribution in [0.25, 0.3) is 76.8 Å². The van der Waals surface area contributed by atoms with Gasteiger partial charge in [-0.1, -0.05) is 211 Å². The Morgan fingerprint density at radius 1 is 0.341 bits per heavy atom. The van der Waals surface area contributed by atoms with Crippen LogP contribution in [0, 0.1) is 11.8 Å². The van der Waals surface area contributed by atoms with Gasteiger partial charge in [0.25, 0.3) is 6.71 Å². The highest BCUT2D eigenvalue weighted by Crippen LogP contribution is 2.54. The molecule has 2 saturated heterocycles. The smallest absolute Gasteiger partial charge is 0.252 e. The first-order chi connectivity index (χ1) is 41.3. The number of anilines is 7. The second-order valence-corrected chi connectivity index (χ2v) is 27.8. The third kappa shape index (κ3) is 8.15. The van der Waals surface area contributed by atoms with Gasteiger partial charge in [-0.25, -0.2) is 0 Å². The summed E-state index contributed by atoms with van der Waals surface area (Å²) >= 11 is 0. The third-order valence-corrected chi connectivity index (χ3v) is 20.5. The Kier molecular flexibility index (Phi) is 11.2. The lowest BCUT2D eigenvalue weighted by molar-refractivity contribution is 0.0900. The summed E-state index contributed by atoms with van der Waals surface area (Å²) < 4.78 is 0. The topological polar surface area (TPSA) is 9.72 Å². The molecule has 0 unspecified atom stereocenters. The van der Waals surface area contributed by atoms with Crippen LogP contribution in [0.2, 0.25) is 0 Å². The van der Waals surface area contributed by atoms with Crippen molar-refractivity contribution in [3.05, 3.63) is 242 Å². The van der Waals surface area contributed by atoms with E-state index in [4.69, 9.17) is 0 Å². The summed E-state index contributed by atoms with van der Waals surface area (Å²) in [6.45, 7) is 14.1. The van der Waals surface area contributed by atoms with Crippen molar-refractivity contribution in [2.45, 2.75) is 96.6 Å². The summed E-state index contributed by atoms with van der Waals surface area (Å²) in [6, 6.07) is 90.2. The molecule has 2 saturated carbocycles. The molecular weight excluding hydrogens is 1030 g/mol. The molecule has 4 fully saturated rings. The Labute approximate surface area is 501 Å². The highest BCUT2D eigenvalue weighted by molar-refractivity contribution is 7.00. The van der Waals surface area contributed by atoms with E-state index in [1.54, 1.807) is 0 Å². The van der Waals surface area contributed by atoms with Crippen LogP contribution in [0.15, 0.2) is 231 Å². The van der Waals surface area contributed by atoms with E-state index in [1.165, 1.54) is 176 Å². The molecular formula is C81H70BN3. The zero-order chi connectivity index (χ0) is 57.0. The highest BCUT2D eigenvalue weighted by atomic mass is 15.2. The predicted molar refractivity (Wildman–Crippen MR) is 363 cm³/mol. The molecule has 4 aliphatic heterocycles. The second kappa shape index (κ2) is 18.8. The Morgan fingerprint density at radius 2 is 0.765 bits per heavy atom. The molecule has 12 aromatic carbocycles. The lowest BCUT2D eigenvalue weighted by Gasteiger charge is -2.58. The molecule has 2 aliphatic carbocycles. The van der Waals surface area contributed by atoms with Crippen LogP contribution >= 0.6 is 0 Å². The monoisotopic (exact) mass is 1100 g/mol. The molecule has 4 heteroatoms. The van der Waals surface area contributed by atoms with Crippen molar-refractivity contribution in [3.8, 4) is 44.5 Å². The third-order valence-electron chi connectivity index (χ3n) is 20.5. The fourth-order valence-corrected chi connectivity index (χ4v) is 16.5. The molecule has 0 spiro atoms. The van der Waals surface area contributed by atoms with E-state index in [9.17, 15) is 0 Å². The normalized spacial score (nSPS) is 18.6. The summed E-state index contributed by atoms with van der Waals surface area (Å²) in [6.07, 6.45) is 6.58. The molecule has 0 amide bonds. The number of fused-ring (bicyclic) bond motifs is 4. The molecule has 4 bridgehead atoms. The first-order valence-corrected chi connectivity index (χ1v) is 31.3. The van der Waals surface area contributed by atoms with Gasteiger partial charge in [-0.05, 0) is 220 Å². The highest BCUT2D eigenvalue weighted by Gasteiger charge is 2.49. The number of rotatable bonds is 7. The summed E-state index contributed by atoms with van der Waals surface area (Å²) in [5, 5.41) is 7.98. The molecule has 0 radical (unpaired) electrons. The Morgan fingerprint density at radius 3 is 1.27 bits per heavy atom. The van der Waals surface area contributed by atoms with Crippen molar-refractivity contribution >= 4 is 95.2 Å². The first-order valence-electron chi connectivity index (χ1n) is 31.3. The summed E-state index contributed by atoms with van der Waals surface area (Å²) in [7, 11) is 0. The minimum atomic E-state index is -0.0452. The van der Waals surface area contributed by atoms with Gasteiger partial charge in [-0.15, -0.1) is 0 Å². The van der Waals surface area contributed by atoms with Crippen LogP contribution in [0.1, 0.15) is 84.8 Å².